The van der Waals surface area contributed by atoms with E-state index in [1.807, 2.05) is 36.7 Å². The third kappa shape index (κ3) is 6.81. The van der Waals surface area contributed by atoms with Crippen LogP contribution in [-0.4, -0.2) is 79.6 Å². The standard InChI is InChI=1S/C32H41N5O6/c1-19(2)27(34-28(38)20(3)35(7)31(42)43-32(4,5)6)29(39)37-14-9-12-25(37)21-16-22(18-33-17-21)36-15-13-23-24(30(40)41)10-8-11-26(23)36/h8,10-11,13,15-20,25,27H,9,12,14H2,1-7H3,(H,34,38)(H,40,41)/t20-,25-,27-/m0/s1. The molecule has 0 radical (unpaired) electrons. The molecule has 1 fully saturated rings. The summed E-state index contributed by atoms with van der Waals surface area (Å²) in [5.41, 5.74) is 1.87. The van der Waals surface area contributed by atoms with Crippen LogP contribution in [0.2, 0.25) is 0 Å². The number of fused-ring (bicyclic) bond motifs is 1. The molecule has 1 aliphatic heterocycles. The zero-order valence-corrected chi connectivity index (χ0v) is 25.8. The molecule has 0 unspecified atom stereocenters. The van der Waals surface area contributed by atoms with Gasteiger partial charge in [0.2, 0.25) is 11.8 Å². The maximum absolute atomic E-state index is 13.9. The zero-order chi connectivity index (χ0) is 31.6. The van der Waals surface area contributed by atoms with E-state index < -0.39 is 35.7 Å². The van der Waals surface area contributed by atoms with Crippen molar-refractivity contribution in [2.24, 2.45) is 5.92 Å². The van der Waals surface area contributed by atoms with Crippen LogP contribution >= 0.6 is 0 Å². The first-order valence-corrected chi connectivity index (χ1v) is 14.5. The number of nitrogens with one attached hydrogen (secondary N) is 1. The van der Waals surface area contributed by atoms with E-state index in [-0.39, 0.29) is 23.4 Å². The molecule has 3 aromatic rings. The number of pyridine rings is 1. The highest BCUT2D eigenvalue weighted by Gasteiger charge is 2.37. The number of likely N-dealkylation sites (N-methyl/N-ethyl adjacent to an activating group) is 1. The lowest BCUT2D eigenvalue weighted by atomic mass is 10.00. The number of carbonyl (C=O) groups excluding carboxylic acids is 3. The van der Waals surface area contributed by atoms with Crippen LogP contribution in [0, 0.1) is 5.92 Å². The fraction of sp³-hybridized carbons (Fsp3) is 0.469. The van der Waals surface area contributed by atoms with Crippen LogP contribution in [0.3, 0.4) is 0 Å². The maximum atomic E-state index is 13.9. The molecule has 2 aromatic heterocycles. The molecule has 1 aromatic carbocycles. The van der Waals surface area contributed by atoms with Gasteiger partial charge in [0.1, 0.15) is 17.7 Å². The number of benzene rings is 1. The van der Waals surface area contributed by atoms with Gasteiger partial charge in [-0.1, -0.05) is 19.9 Å². The number of nitrogens with zero attached hydrogens (tertiary/aromatic N) is 4. The predicted molar refractivity (Wildman–Crippen MR) is 162 cm³/mol. The van der Waals surface area contributed by atoms with E-state index >= 15 is 0 Å². The molecule has 43 heavy (non-hydrogen) atoms. The van der Waals surface area contributed by atoms with Crippen molar-refractivity contribution in [1.29, 1.82) is 0 Å². The van der Waals surface area contributed by atoms with Gasteiger partial charge in [0, 0.05) is 31.4 Å². The second-order valence-corrected chi connectivity index (χ2v) is 12.4. The van der Waals surface area contributed by atoms with E-state index in [1.165, 1.54) is 11.9 Å². The Balaban J connectivity index is 1.54. The Kier molecular flexibility index (Phi) is 9.12. The first kappa shape index (κ1) is 31.5. The topological polar surface area (TPSA) is 134 Å². The number of rotatable bonds is 8. The van der Waals surface area contributed by atoms with Crippen molar-refractivity contribution in [3.8, 4) is 5.69 Å². The van der Waals surface area contributed by atoms with Gasteiger partial charge in [-0.15, -0.1) is 0 Å². The summed E-state index contributed by atoms with van der Waals surface area (Å²) in [6.07, 6.45) is 6.18. The maximum Gasteiger partial charge on any atom is 0.410 e. The Hall–Kier alpha value is -4.41. The molecule has 2 N–H and O–H groups in total. The molecular weight excluding hydrogens is 550 g/mol. The molecule has 230 valence electrons. The monoisotopic (exact) mass is 591 g/mol. The van der Waals surface area contributed by atoms with E-state index in [9.17, 15) is 24.3 Å². The van der Waals surface area contributed by atoms with Crippen molar-refractivity contribution in [3.05, 3.63) is 60.0 Å². The summed E-state index contributed by atoms with van der Waals surface area (Å²) in [7, 11) is 1.50. The molecule has 0 saturated carbocycles. The fourth-order valence-electron chi connectivity index (χ4n) is 5.35. The minimum atomic E-state index is -0.993. The lowest BCUT2D eigenvalue weighted by Crippen LogP contribution is -2.55. The zero-order valence-electron chi connectivity index (χ0n) is 25.8. The second kappa shape index (κ2) is 12.4. The van der Waals surface area contributed by atoms with E-state index in [4.69, 9.17) is 4.74 Å². The van der Waals surface area contributed by atoms with Gasteiger partial charge in [-0.3, -0.25) is 19.5 Å². The Morgan fingerprint density at radius 3 is 2.49 bits per heavy atom. The first-order chi connectivity index (χ1) is 20.2. The van der Waals surface area contributed by atoms with Gasteiger partial charge < -0.3 is 24.6 Å². The highest BCUT2D eigenvalue weighted by Crippen LogP contribution is 2.34. The summed E-state index contributed by atoms with van der Waals surface area (Å²) < 4.78 is 7.28. The van der Waals surface area contributed by atoms with Crippen molar-refractivity contribution in [2.75, 3.05) is 13.6 Å². The SMILES string of the molecule is CC(C)[C@H](NC(=O)[C@H](C)N(C)C(=O)OC(C)(C)C)C(=O)N1CCC[C@H]1c1cncc(-n2ccc3c(C(=O)O)cccc32)c1. The number of likely N-dealkylation sites (tertiary alicyclic amines) is 1. The van der Waals surface area contributed by atoms with E-state index in [0.717, 1.165) is 29.6 Å². The number of aromatic carboxylic acids is 1. The Morgan fingerprint density at radius 1 is 1.12 bits per heavy atom. The molecule has 3 atom stereocenters. The van der Waals surface area contributed by atoms with Gasteiger partial charge in [0.25, 0.3) is 0 Å². The molecule has 1 aliphatic rings. The van der Waals surface area contributed by atoms with Gasteiger partial charge in [-0.05, 0) is 76.3 Å². The van der Waals surface area contributed by atoms with Crippen LogP contribution in [0.15, 0.2) is 48.9 Å². The van der Waals surface area contributed by atoms with Gasteiger partial charge in [0.15, 0.2) is 0 Å². The van der Waals surface area contributed by atoms with Crippen LogP contribution in [0.4, 0.5) is 4.79 Å². The summed E-state index contributed by atoms with van der Waals surface area (Å²) >= 11 is 0. The third-order valence-corrected chi connectivity index (χ3v) is 7.78. The molecule has 0 bridgehead atoms. The normalized spacial score (nSPS) is 16.7. The van der Waals surface area contributed by atoms with Gasteiger partial charge in [-0.2, -0.15) is 0 Å². The third-order valence-electron chi connectivity index (χ3n) is 7.78. The number of amides is 3. The fourth-order valence-corrected chi connectivity index (χ4v) is 5.35. The molecule has 11 nitrogen and oxygen atoms in total. The van der Waals surface area contributed by atoms with E-state index in [2.05, 4.69) is 10.3 Å². The first-order valence-electron chi connectivity index (χ1n) is 14.5. The average Bonchev–Trinajstić information content (AvgIpc) is 3.61. The second-order valence-electron chi connectivity index (χ2n) is 12.4. The molecule has 0 spiro atoms. The lowest BCUT2D eigenvalue weighted by molar-refractivity contribution is -0.139. The summed E-state index contributed by atoms with van der Waals surface area (Å²) in [5.74, 6) is -1.83. The molecule has 3 heterocycles. The smallest absolute Gasteiger partial charge is 0.410 e. The van der Waals surface area contributed by atoms with E-state index in [0.29, 0.717) is 11.9 Å². The molecular formula is C32H41N5O6. The van der Waals surface area contributed by atoms with Crippen LogP contribution in [0.25, 0.3) is 16.6 Å². The number of ether oxygens (including phenoxy) is 1. The van der Waals surface area contributed by atoms with Gasteiger partial charge in [-0.25, -0.2) is 9.59 Å². The largest absolute Gasteiger partial charge is 0.478 e. The summed E-state index contributed by atoms with van der Waals surface area (Å²) in [5, 5.41) is 13.1. The van der Waals surface area contributed by atoms with Crippen molar-refractivity contribution in [2.45, 2.75) is 78.1 Å². The van der Waals surface area contributed by atoms with Gasteiger partial charge in [0.05, 0.1) is 29.0 Å². The van der Waals surface area contributed by atoms with Crippen molar-refractivity contribution >= 4 is 34.8 Å². The lowest BCUT2D eigenvalue weighted by Gasteiger charge is -2.33. The van der Waals surface area contributed by atoms with Crippen molar-refractivity contribution in [3.63, 3.8) is 0 Å². The summed E-state index contributed by atoms with van der Waals surface area (Å²) in [6, 6.07) is 7.01. The quantitative estimate of drug-likeness (QED) is 0.385. The number of hydrogen-bond donors (Lipinski definition) is 2. The van der Waals surface area contributed by atoms with Gasteiger partial charge >= 0.3 is 12.1 Å². The molecule has 11 heteroatoms. The number of carboxylic acids is 1. The number of hydrogen-bond acceptors (Lipinski definition) is 6. The summed E-state index contributed by atoms with van der Waals surface area (Å²) in [4.78, 5) is 58.8. The number of aromatic nitrogens is 2. The van der Waals surface area contributed by atoms with Crippen molar-refractivity contribution < 1.29 is 29.0 Å². The minimum absolute atomic E-state index is 0.194. The van der Waals surface area contributed by atoms with Crippen molar-refractivity contribution in [1.82, 2.24) is 24.7 Å². The highest BCUT2D eigenvalue weighted by atomic mass is 16.6. The molecule has 3 amide bonds. The molecule has 1 saturated heterocycles. The van der Waals surface area contributed by atoms with E-state index in [1.54, 1.807) is 63.2 Å². The Morgan fingerprint density at radius 2 is 1.84 bits per heavy atom. The summed E-state index contributed by atoms with van der Waals surface area (Å²) in [6.45, 7) is 11.2. The van der Waals surface area contributed by atoms with Crippen LogP contribution in [-0.2, 0) is 14.3 Å². The Bertz CT molecular complexity index is 1520. The van der Waals surface area contributed by atoms with Crippen LogP contribution in [0.1, 0.15) is 76.3 Å². The Labute approximate surface area is 251 Å². The highest BCUT2D eigenvalue weighted by molar-refractivity contribution is 6.03. The van der Waals surface area contributed by atoms with Crippen LogP contribution < -0.4 is 5.32 Å². The number of carboxylic acid groups (broad SMARTS) is 1. The predicted octanol–water partition coefficient (Wildman–Crippen LogP) is 4.78. The molecule has 4 rings (SSSR count). The van der Waals surface area contributed by atoms with Crippen LogP contribution in [0.5, 0.6) is 0 Å². The minimum Gasteiger partial charge on any atom is -0.478 e. The number of carbonyl (C=O) groups is 4. The molecule has 0 aliphatic carbocycles. The average molecular weight is 592 g/mol.